The third-order valence-corrected chi connectivity index (χ3v) is 2.74. The molecule has 139 valence electrons. The molecule has 0 unspecified atom stereocenters. The van der Waals surface area contributed by atoms with Gasteiger partial charge in [-0.1, -0.05) is 67.2 Å². The molecule has 1 radical (unpaired) electrons. The van der Waals surface area contributed by atoms with Gasteiger partial charge in [-0.25, -0.2) is 0 Å². The van der Waals surface area contributed by atoms with Crippen molar-refractivity contribution in [3.63, 3.8) is 0 Å². The number of benzene rings is 1. The molecule has 1 fully saturated rings. The van der Waals surface area contributed by atoms with Crippen LogP contribution in [0.1, 0.15) is 85.4 Å². The molecule has 1 aromatic carbocycles. The first-order chi connectivity index (χ1) is 8.84. The zero-order chi connectivity index (χ0) is 13.6. The Kier molecular flexibility index (Phi) is 51.7. The van der Waals surface area contributed by atoms with Crippen LogP contribution in [0.3, 0.4) is 0 Å². The van der Waals surface area contributed by atoms with E-state index in [4.69, 9.17) is 0 Å². The fourth-order valence-corrected chi connectivity index (χ4v) is 1.76. The largest absolute Gasteiger partial charge is 0.355 e. The van der Waals surface area contributed by atoms with E-state index in [0.29, 0.717) is 12.0 Å². The average molecular weight is 517 g/mol. The van der Waals surface area contributed by atoms with Gasteiger partial charge in [-0.2, -0.15) is 6.42 Å². The van der Waals surface area contributed by atoms with E-state index in [1.165, 1.54) is 38.5 Å². The minimum atomic E-state index is 0. The van der Waals surface area contributed by atoms with E-state index >= 15 is 0 Å². The van der Waals surface area contributed by atoms with Crippen LogP contribution in [-0.2, 0) is 32.7 Å². The minimum Gasteiger partial charge on any atom is -0.355 e. The minimum absolute atomic E-state index is 0. The third kappa shape index (κ3) is 22.7. The maximum atomic E-state index is 10.9. The van der Waals surface area contributed by atoms with Crippen LogP contribution in [0.4, 0.5) is 4.70 Å². The van der Waals surface area contributed by atoms with Crippen LogP contribution in [0.2, 0.25) is 0 Å². The normalized spacial score (nSPS) is 10.6. The van der Waals surface area contributed by atoms with E-state index < -0.39 is 0 Å². The van der Waals surface area contributed by atoms with Crippen LogP contribution >= 0.6 is 24.0 Å². The van der Waals surface area contributed by atoms with Gasteiger partial charge in [0.2, 0.25) is 0 Å². The fourth-order valence-electron chi connectivity index (χ4n) is 1.76. The van der Waals surface area contributed by atoms with Gasteiger partial charge in [0.15, 0.2) is 0 Å². The van der Waals surface area contributed by atoms with Crippen molar-refractivity contribution in [3.05, 3.63) is 42.8 Å². The second kappa shape index (κ2) is 30.5. The first-order valence-electron chi connectivity index (χ1n) is 7.14. The van der Waals surface area contributed by atoms with Crippen LogP contribution in [0.5, 0.6) is 0 Å². The molecule has 23 heavy (non-hydrogen) atoms. The van der Waals surface area contributed by atoms with Crippen LogP contribution in [0, 0.1) is 13.0 Å². The monoisotopic (exact) mass is 517 g/mol. The third-order valence-electron chi connectivity index (χ3n) is 2.74. The number of rotatable bonds is 2. The summed E-state index contributed by atoms with van der Waals surface area (Å²) in [5.41, 5.74) is 0.623. The van der Waals surface area contributed by atoms with Crippen molar-refractivity contribution in [1.82, 2.24) is 0 Å². The van der Waals surface area contributed by atoms with Gasteiger partial charge in [-0.3, -0.25) is 4.70 Å². The molecule has 1 saturated carbocycles. The van der Waals surface area contributed by atoms with E-state index in [0.717, 1.165) is 0 Å². The smallest absolute Gasteiger partial charge is 0.0492 e. The van der Waals surface area contributed by atoms with Gasteiger partial charge in [0.1, 0.15) is 0 Å². The number of hydrogen-bond acceptors (Lipinski definition) is 1. The van der Waals surface area contributed by atoms with Crippen LogP contribution in [0.25, 0.3) is 0 Å². The van der Waals surface area contributed by atoms with Gasteiger partial charge in [-0.15, -0.1) is 59.9 Å². The Labute approximate surface area is 188 Å². The molecule has 1 aliphatic rings. The Morgan fingerprint density at radius 1 is 1.09 bits per heavy atom. The quantitative estimate of drug-likeness (QED) is 0.225. The summed E-state index contributed by atoms with van der Waals surface area (Å²) < 4.78 is 0. The van der Waals surface area contributed by atoms with Crippen molar-refractivity contribution in [3.8, 4) is 0 Å². The molecule has 0 N–H and O–H groups in total. The molecule has 0 aromatic heterocycles. The summed E-state index contributed by atoms with van der Waals surface area (Å²) >= 11 is 0. The predicted octanol–water partition coefficient (Wildman–Crippen LogP) is 7.55. The Bertz CT molecular complexity index is 298. The standard InChI is InChI=1S/C9H8O.C6H12.C2H6.2CH4.FH.HI.Y.H2/c1-2-9(10)8-6-4-3-5-7-8;1-2-4-6-5-3-1;1-2;;;;;;/h3-6H,1-2H2;1-6H2;1-2H3;2*1H4;2*1H;;1H/q-2;;;;;;;;. The van der Waals surface area contributed by atoms with E-state index in [2.05, 4.69) is 13.0 Å². The second-order valence-corrected chi connectivity index (χ2v) is 4.07. The molecule has 0 bridgehead atoms. The van der Waals surface area contributed by atoms with Gasteiger partial charge >= 0.3 is 0 Å². The molecule has 0 atom stereocenters. The summed E-state index contributed by atoms with van der Waals surface area (Å²) in [5, 5.41) is 0. The predicted molar refractivity (Wildman–Crippen MR) is 112 cm³/mol. The number of carbonyl (C=O) groups is 1. The second-order valence-electron chi connectivity index (χ2n) is 4.07. The zero-order valence-electron chi connectivity index (χ0n) is 13.3. The van der Waals surface area contributed by atoms with E-state index in [9.17, 15) is 4.79 Å². The van der Waals surface area contributed by atoms with Crippen molar-refractivity contribution in [2.75, 3.05) is 0 Å². The molecule has 0 saturated heterocycles. The number of carbonyl (C=O) groups excluding carboxylic acids is 1. The van der Waals surface area contributed by atoms with Gasteiger partial charge in [0.25, 0.3) is 0 Å². The Hall–Kier alpha value is 0.654. The maximum absolute atomic E-state index is 10.9. The molecule has 1 aromatic rings. The van der Waals surface area contributed by atoms with Crippen molar-refractivity contribution < 1.29 is 43.6 Å². The van der Waals surface area contributed by atoms with Crippen LogP contribution < -0.4 is 0 Å². The first kappa shape index (κ1) is 38.9. The average Bonchev–Trinajstić information content (AvgIpc) is 2.52. The van der Waals surface area contributed by atoms with Gasteiger partial charge in [0, 0.05) is 39.9 Å². The number of ketones is 1. The summed E-state index contributed by atoms with van der Waals surface area (Å²) in [7, 11) is 0. The molecule has 1 nitrogen and oxygen atoms in total. The Balaban J connectivity index is -0.0000000372. The SMILES string of the molecule is C.C.C1CCCCC1.CC.F.I.[CH2-]CC(=O)c1[c-]cccc1.[HH].[Y]. The number of hydrogen-bond donors (Lipinski definition) is 0. The van der Waals surface area contributed by atoms with E-state index in [1.54, 1.807) is 12.1 Å². The van der Waals surface area contributed by atoms with Crippen molar-refractivity contribution in [1.29, 1.82) is 0 Å². The number of Topliss-reactive ketones (excluding diaryl/α,β-unsaturated/α-hetero) is 1. The number of halogens is 2. The Morgan fingerprint density at radius 3 is 1.74 bits per heavy atom. The van der Waals surface area contributed by atoms with Gasteiger partial charge in [0.05, 0.1) is 0 Å². The topological polar surface area (TPSA) is 17.1 Å². The molecule has 0 spiro atoms. The molecule has 2 rings (SSSR count). The summed E-state index contributed by atoms with van der Waals surface area (Å²) in [4.78, 5) is 10.9. The van der Waals surface area contributed by atoms with Gasteiger partial charge < -0.3 is 11.7 Å². The summed E-state index contributed by atoms with van der Waals surface area (Å²) in [6, 6.07) is 9.95. The molecule has 0 amide bonds. The Morgan fingerprint density at radius 2 is 1.48 bits per heavy atom. The maximum Gasteiger partial charge on any atom is 0.0492 e. The molecular weight excluding hydrogens is 479 g/mol. The van der Waals surface area contributed by atoms with Crippen molar-refractivity contribution in [2.45, 2.75) is 73.6 Å². The van der Waals surface area contributed by atoms with E-state index in [1.807, 2.05) is 26.0 Å². The molecule has 0 heterocycles. The van der Waals surface area contributed by atoms with Crippen molar-refractivity contribution >= 4 is 29.8 Å². The summed E-state index contributed by atoms with van der Waals surface area (Å²) in [5.74, 6) is 0.0422. The molecular formula is C19H38FIOY-2. The fraction of sp³-hybridized carbons (Fsp3) is 0.579. The summed E-state index contributed by atoms with van der Waals surface area (Å²) in [6.07, 6.45) is 9.31. The summed E-state index contributed by atoms with van der Waals surface area (Å²) in [6.45, 7) is 7.49. The van der Waals surface area contributed by atoms with Crippen LogP contribution in [-0.4, -0.2) is 5.78 Å². The van der Waals surface area contributed by atoms with Gasteiger partial charge in [-0.05, 0) is 0 Å². The zero-order valence-corrected chi connectivity index (χ0v) is 18.4. The van der Waals surface area contributed by atoms with E-state index in [-0.39, 0.29) is 83.5 Å². The van der Waals surface area contributed by atoms with Crippen molar-refractivity contribution in [2.24, 2.45) is 0 Å². The molecule has 0 aliphatic heterocycles. The molecule has 1 aliphatic carbocycles. The molecule has 4 heteroatoms. The first-order valence-corrected chi connectivity index (χ1v) is 7.14. The van der Waals surface area contributed by atoms with Crippen LogP contribution in [0.15, 0.2) is 24.3 Å².